The molecule has 1 aliphatic carbocycles. The summed E-state index contributed by atoms with van der Waals surface area (Å²) in [5.41, 5.74) is -0.894. The van der Waals surface area contributed by atoms with Crippen LogP contribution in [-0.2, 0) is 20.9 Å². The zero-order valence-electron chi connectivity index (χ0n) is 13.7. The Morgan fingerprint density at radius 1 is 1.48 bits per heavy atom. The fourth-order valence-electron chi connectivity index (χ4n) is 2.61. The van der Waals surface area contributed by atoms with Crippen LogP contribution in [0.5, 0.6) is 0 Å². The number of hydrogen-bond acceptors (Lipinski definition) is 6. The van der Waals surface area contributed by atoms with E-state index in [1.54, 1.807) is 7.05 Å². The van der Waals surface area contributed by atoms with Gasteiger partial charge in [0.05, 0.1) is 12.0 Å². The minimum Gasteiger partial charge on any atom is -0.481 e. The van der Waals surface area contributed by atoms with E-state index in [0.717, 1.165) is 6.42 Å². The van der Waals surface area contributed by atoms with E-state index in [9.17, 15) is 14.7 Å². The van der Waals surface area contributed by atoms with Gasteiger partial charge in [-0.15, -0.1) is 0 Å². The summed E-state index contributed by atoms with van der Waals surface area (Å²) in [4.78, 5) is 29.2. The lowest BCUT2D eigenvalue weighted by atomic mass is 9.66. The quantitative estimate of drug-likeness (QED) is 0.776. The van der Waals surface area contributed by atoms with E-state index in [2.05, 4.69) is 10.1 Å². The van der Waals surface area contributed by atoms with Crippen LogP contribution in [0.15, 0.2) is 4.52 Å². The Balaban J connectivity index is 1.92. The molecule has 0 radical (unpaired) electrons. The zero-order chi connectivity index (χ0) is 17.0. The van der Waals surface area contributed by atoms with Crippen molar-refractivity contribution in [2.75, 3.05) is 13.7 Å². The number of aliphatic carboxylic acids is 1. The Bertz CT molecular complexity index is 567. The predicted molar refractivity (Wildman–Crippen MR) is 79.3 cm³/mol. The summed E-state index contributed by atoms with van der Waals surface area (Å²) in [5, 5.41) is 13.1. The highest BCUT2D eigenvalue weighted by Gasteiger charge is 2.46. The number of hydrogen-bond donors (Lipinski definition) is 1. The minimum absolute atomic E-state index is 0.00910. The molecule has 1 aliphatic rings. The van der Waals surface area contributed by atoms with Crippen molar-refractivity contribution in [3.63, 3.8) is 0 Å². The van der Waals surface area contributed by atoms with Gasteiger partial charge in [-0.3, -0.25) is 9.59 Å². The zero-order valence-corrected chi connectivity index (χ0v) is 13.7. The van der Waals surface area contributed by atoms with Gasteiger partial charge >= 0.3 is 5.97 Å². The third kappa shape index (κ3) is 3.87. The van der Waals surface area contributed by atoms with E-state index in [1.807, 2.05) is 13.8 Å². The molecular formula is C15H23N3O5. The Morgan fingerprint density at radius 2 is 2.17 bits per heavy atom. The van der Waals surface area contributed by atoms with E-state index in [4.69, 9.17) is 9.26 Å². The predicted octanol–water partition coefficient (Wildman–Crippen LogP) is 1.77. The number of carbonyl (C=O) groups excluding carboxylic acids is 1. The van der Waals surface area contributed by atoms with Crippen molar-refractivity contribution in [3.8, 4) is 0 Å². The SMILES string of the molecule is CCOC(C)c1noc(CN(C)C(=O)CC2(C(=O)O)CCC2)n1. The van der Waals surface area contributed by atoms with Crippen LogP contribution < -0.4 is 0 Å². The second-order valence-corrected chi connectivity index (χ2v) is 6.01. The summed E-state index contributed by atoms with van der Waals surface area (Å²) >= 11 is 0. The maximum absolute atomic E-state index is 12.3. The normalized spacial score (nSPS) is 17.3. The third-order valence-corrected chi connectivity index (χ3v) is 4.32. The molecule has 128 valence electrons. The molecule has 0 bridgehead atoms. The molecule has 1 fully saturated rings. The minimum atomic E-state index is -0.894. The first-order chi connectivity index (χ1) is 10.9. The number of aromatic nitrogens is 2. The van der Waals surface area contributed by atoms with Gasteiger partial charge in [-0.2, -0.15) is 4.98 Å². The van der Waals surface area contributed by atoms with Gasteiger partial charge in [0.15, 0.2) is 5.82 Å². The standard InChI is InChI=1S/C15H23N3O5/c1-4-22-10(2)13-16-11(23-17-13)9-18(3)12(19)8-15(14(20)21)6-5-7-15/h10H,4-9H2,1-3H3,(H,20,21). The Kier molecular flexibility index (Phi) is 5.35. The molecule has 1 heterocycles. The fraction of sp³-hybridized carbons (Fsp3) is 0.733. The summed E-state index contributed by atoms with van der Waals surface area (Å²) in [6.45, 7) is 4.39. The van der Waals surface area contributed by atoms with Gasteiger partial charge < -0.3 is 19.3 Å². The third-order valence-electron chi connectivity index (χ3n) is 4.32. The van der Waals surface area contributed by atoms with Crippen LogP contribution in [0.3, 0.4) is 0 Å². The lowest BCUT2D eigenvalue weighted by Gasteiger charge is -2.37. The molecule has 1 atom stereocenters. The molecule has 1 aromatic rings. The largest absolute Gasteiger partial charge is 0.481 e. The van der Waals surface area contributed by atoms with Gasteiger partial charge in [0, 0.05) is 20.1 Å². The summed E-state index contributed by atoms with van der Waals surface area (Å²) in [6, 6.07) is 0. The van der Waals surface area contributed by atoms with Gasteiger partial charge in [0.2, 0.25) is 11.8 Å². The van der Waals surface area contributed by atoms with Crippen molar-refractivity contribution in [1.29, 1.82) is 0 Å². The highest BCUT2D eigenvalue weighted by molar-refractivity contribution is 5.85. The fourth-order valence-corrected chi connectivity index (χ4v) is 2.61. The Labute approximate surface area is 134 Å². The molecule has 8 nitrogen and oxygen atoms in total. The molecule has 8 heteroatoms. The average molecular weight is 325 g/mol. The summed E-state index contributed by atoms with van der Waals surface area (Å²) in [6.07, 6.45) is 1.70. The molecule has 1 amide bonds. The van der Waals surface area contributed by atoms with E-state index in [-0.39, 0.29) is 25.0 Å². The van der Waals surface area contributed by atoms with Crippen LogP contribution in [-0.4, -0.2) is 45.7 Å². The van der Waals surface area contributed by atoms with Crippen molar-refractivity contribution in [3.05, 3.63) is 11.7 Å². The van der Waals surface area contributed by atoms with Crippen molar-refractivity contribution in [1.82, 2.24) is 15.0 Å². The number of carboxylic acid groups (broad SMARTS) is 1. The lowest BCUT2D eigenvalue weighted by molar-refractivity contribution is -0.159. The number of carboxylic acids is 1. The van der Waals surface area contributed by atoms with Gasteiger partial charge in [-0.25, -0.2) is 0 Å². The second kappa shape index (κ2) is 7.08. The molecule has 1 aromatic heterocycles. The molecule has 1 unspecified atom stereocenters. The highest BCUT2D eigenvalue weighted by Crippen LogP contribution is 2.44. The molecule has 23 heavy (non-hydrogen) atoms. The van der Waals surface area contributed by atoms with Crippen LogP contribution >= 0.6 is 0 Å². The van der Waals surface area contributed by atoms with Gasteiger partial charge in [-0.1, -0.05) is 11.6 Å². The highest BCUT2D eigenvalue weighted by atomic mass is 16.5. The summed E-state index contributed by atoms with van der Waals surface area (Å²) < 4.78 is 10.5. The molecule has 2 rings (SSSR count). The number of nitrogens with zero attached hydrogens (tertiary/aromatic N) is 3. The molecule has 0 aromatic carbocycles. The smallest absolute Gasteiger partial charge is 0.310 e. The van der Waals surface area contributed by atoms with Crippen LogP contribution in [0.4, 0.5) is 0 Å². The summed E-state index contributed by atoms with van der Waals surface area (Å²) in [5.74, 6) is -0.384. The molecule has 1 saturated carbocycles. The van der Waals surface area contributed by atoms with Crippen molar-refractivity contribution in [2.24, 2.45) is 5.41 Å². The first kappa shape index (κ1) is 17.4. The molecule has 0 saturated heterocycles. The number of carbonyl (C=O) groups is 2. The van der Waals surface area contributed by atoms with Crippen molar-refractivity contribution >= 4 is 11.9 Å². The van der Waals surface area contributed by atoms with Gasteiger partial charge in [0.1, 0.15) is 6.10 Å². The van der Waals surface area contributed by atoms with E-state index >= 15 is 0 Å². The lowest BCUT2D eigenvalue weighted by Crippen LogP contribution is -2.42. The first-order valence-electron chi connectivity index (χ1n) is 7.79. The number of rotatable bonds is 8. The van der Waals surface area contributed by atoms with E-state index in [0.29, 0.717) is 31.2 Å². The topological polar surface area (TPSA) is 106 Å². The average Bonchev–Trinajstić information content (AvgIpc) is 2.91. The summed E-state index contributed by atoms with van der Waals surface area (Å²) in [7, 11) is 1.60. The van der Waals surface area contributed by atoms with E-state index in [1.165, 1.54) is 4.90 Å². The molecular weight excluding hydrogens is 302 g/mol. The van der Waals surface area contributed by atoms with E-state index < -0.39 is 11.4 Å². The van der Waals surface area contributed by atoms with Gasteiger partial charge in [0.25, 0.3) is 0 Å². The number of amides is 1. The molecule has 0 aliphatic heterocycles. The molecule has 1 N–H and O–H groups in total. The van der Waals surface area contributed by atoms with Crippen molar-refractivity contribution < 1.29 is 24.0 Å². The monoisotopic (exact) mass is 325 g/mol. The van der Waals surface area contributed by atoms with Crippen LogP contribution in [0.1, 0.15) is 57.3 Å². The van der Waals surface area contributed by atoms with Crippen molar-refractivity contribution in [2.45, 2.75) is 52.2 Å². The first-order valence-corrected chi connectivity index (χ1v) is 7.79. The molecule has 0 spiro atoms. The second-order valence-electron chi connectivity index (χ2n) is 6.01. The maximum atomic E-state index is 12.3. The van der Waals surface area contributed by atoms with Gasteiger partial charge in [-0.05, 0) is 26.7 Å². The number of ether oxygens (including phenoxy) is 1. The van der Waals surface area contributed by atoms with Crippen LogP contribution in [0.2, 0.25) is 0 Å². The maximum Gasteiger partial charge on any atom is 0.310 e. The van der Waals surface area contributed by atoms with Crippen LogP contribution in [0.25, 0.3) is 0 Å². The Hall–Kier alpha value is -1.96. The van der Waals surface area contributed by atoms with Crippen LogP contribution in [0, 0.1) is 5.41 Å². The Morgan fingerprint density at radius 3 is 2.70 bits per heavy atom.